The van der Waals surface area contributed by atoms with Gasteiger partial charge in [0.15, 0.2) is 10.8 Å². The highest BCUT2D eigenvalue weighted by Gasteiger charge is 2.43. The molecule has 0 radical (unpaired) electrons. The Kier molecular flexibility index (Phi) is 9.16. The molecule has 0 amide bonds. The number of carbonyl (C=O) groups is 2. The number of halogens is 1. The molecule has 2 heterocycles. The van der Waals surface area contributed by atoms with E-state index in [1.165, 1.54) is 24.7 Å². The number of esters is 1. The monoisotopic (exact) mass is 555 g/mol. The first-order chi connectivity index (χ1) is 18.7. The third-order valence-electron chi connectivity index (χ3n) is 7.03. The number of sulfonamides is 1. The number of rotatable bonds is 12. The number of hydrogen-bond donors (Lipinski definition) is 1. The highest BCUT2D eigenvalue weighted by Crippen LogP contribution is 2.32. The van der Waals surface area contributed by atoms with Gasteiger partial charge in [0.25, 0.3) is 10.0 Å². The fourth-order valence-electron chi connectivity index (χ4n) is 5.01. The predicted molar refractivity (Wildman–Crippen MR) is 145 cm³/mol. The number of ether oxygens (including phenoxy) is 1. The van der Waals surface area contributed by atoms with Crippen LogP contribution in [0, 0.1) is 17.7 Å². The van der Waals surface area contributed by atoms with Crippen LogP contribution in [-0.4, -0.2) is 35.8 Å². The van der Waals surface area contributed by atoms with Crippen molar-refractivity contribution in [3.8, 4) is 0 Å². The summed E-state index contributed by atoms with van der Waals surface area (Å²) in [4.78, 5) is 30.1. The van der Waals surface area contributed by atoms with Gasteiger partial charge in [-0.15, -0.1) is 0 Å². The number of nitrogens with one attached hydrogen (secondary N) is 1. The molecule has 8 nitrogen and oxygen atoms in total. The minimum absolute atomic E-state index is 0.0694. The summed E-state index contributed by atoms with van der Waals surface area (Å²) in [6.07, 6.45) is 6.44. The Morgan fingerprint density at radius 2 is 1.79 bits per heavy atom. The Hall–Kier alpha value is -3.53. The summed E-state index contributed by atoms with van der Waals surface area (Å²) in [5, 5.41) is -0.0694. The van der Waals surface area contributed by atoms with E-state index in [1.54, 1.807) is 41.9 Å². The molecule has 39 heavy (non-hydrogen) atoms. The maximum atomic E-state index is 13.4. The van der Waals surface area contributed by atoms with Gasteiger partial charge in [0.05, 0.1) is 12.2 Å². The van der Waals surface area contributed by atoms with Gasteiger partial charge in [0, 0.05) is 18.9 Å². The zero-order valence-corrected chi connectivity index (χ0v) is 23.0. The standard InChI is InChI=1S/C29H34FN3O5S/c1-3-6-26-24(16-13-20-11-14-22(30)15-12-20)28(34)25(29(35)38-26)10-5-8-21-7-4-9-23(17-21)32-39(36,37)27-18-33(2)19-31-27/h4,7,9,11-12,14-15,17-19,24-26,32H,3,5-6,8,10,13,16H2,1-2H3/t24-,25?,26-/m0/s1. The highest BCUT2D eigenvalue weighted by molar-refractivity contribution is 7.92. The number of benzene rings is 2. The largest absolute Gasteiger partial charge is 0.461 e. The van der Waals surface area contributed by atoms with E-state index in [4.69, 9.17) is 4.74 Å². The summed E-state index contributed by atoms with van der Waals surface area (Å²) in [7, 11) is -2.12. The van der Waals surface area contributed by atoms with Crippen molar-refractivity contribution in [2.45, 2.75) is 63.0 Å². The Morgan fingerprint density at radius 3 is 2.49 bits per heavy atom. The Labute approximate surface area is 228 Å². The van der Waals surface area contributed by atoms with Crippen LogP contribution >= 0.6 is 0 Å². The molecule has 1 aliphatic rings. The molecule has 1 saturated heterocycles. The fraction of sp³-hybridized carbons (Fsp3) is 0.414. The minimum atomic E-state index is -3.81. The van der Waals surface area contributed by atoms with E-state index in [-0.39, 0.29) is 22.5 Å². The number of aryl methyl sites for hydroxylation is 3. The number of carbonyl (C=O) groups excluding carboxylic acids is 2. The van der Waals surface area contributed by atoms with Crippen LogP contribution in [0.3, 0.4) is 0 Å². The van der Waals surface area contributed by atoms with Crippen molar-refractivity contribution in [1.82, 2.24) is 9.55 Å². The van der Waals surface area contributed by atoms with E-state index < -0.39 is 28.0 Å². The molecule has 0 aliphatic carbocycles. The topological polar surface area (TPSA) is 107 Å². The van der Waals surface area contributed by atoms with Gasteiger partial charge in [-0.3, -0.25) is 14.3 Å². The Balaban J connectivity index is 1.36. The first-order valence-corrected chi connectivity index (χ1v) is 14.7. The van der Waals surface area contributed by atoms with Crippen LogP contribution in [0.15, 0.2) is 66.1 Å². The smallest absolute Gasteiger partial charge is 0.316 e. The molecule has 3 atom stereocenters. The molecule has 10 heteroatoms. The van der Waals surface area contributed by atoms with Crippen molar-refractivity contribution in [3.63, 3.8) is 0 Å². The van der Waals surface area contributed by atoms with Gasteiger partial charge >= 0.3 is 5.97 Å². The minimum Gasteiger partial charge on any atom is -0.461 e. The molecule has 1 aliphatic heterocycles. The second-order valence-electron chi connectivity index (χ2n) is 10.1. The van der Waals surface area contributed by atoms with Crippen LogP contribution in [0.1, 0.15) is 50.2 Å². The van der Waals surface area contributed by atoms with E-state index in [9.17, 15) is 22.4 Å². The van der Waals surface area contributed by atoms with Crippen molar-refractivity contribution in [2.75, 3.05) is 4.72 Å². The number of anilines is 1. The summed E-state index contributed by atoms with van der Waals surface area (Å²) in [5.74, 6) is -2.05. The van der Waals surface area contributed by atoms with Crippen molar-refractivity contribution in [3.05, 3.63) is 78.0 Å². The predicted octanol–water partition coefficient (Wildman–Crippen LogP) is 4.84. The summed E-state index contributed by atoms with van der Waals surface area (Å²) in [6, 6.07) is 13.3. The summed E-state index contributed by atoms with van der Waals surface area (Å²) in [6.45, 7) is 1.99. The first kappa shape index (κ1) is 28.5. The molecule has 2 aromatic carbocycles. The Bertz CT molecular complexity index is 1400. The van der Waals surface area contributed by atoms with Crippen molar-refractivity contribution in [2.24, 2.45) is 18.9 Å². The van der Waals surface area contributed by atoms with Crippen molar-refractivity contribution < 1.29 is 27.1 Å². The average molecular weight is 556 g/mol. The van der Waals surface area contributed by atoms with Gasteiger partial charge < -0.3 is 9.30 Å². The summed E-state index contributed by atoms with van der Waals surface area (Å²) >= 11 is 0. The lowest BCUT2D eigenvalue weighted by atomic mass is 9.79. The van der Waals surface area contributed by atoms with Crippen LogP contribution in [0.25, 0.3) is 0 Å². The van der Waals surface area contributed by atoms with E-state index in [0.29, 0.717) is 44.2 Å². The molecule has 1 fully saturated rings. The maximum absolute atomic E-state index is 13.4. The Morgan fingerprint density at radius 1 is 1.03 bits per heavy atom. The molecule has 1 unspecified atom stereocenters. The maximum Gasteiger partial charge on any atom is 0.316 e. The third-order valence-corrected chi connectivity index (χ3v) is 8.30. The lowest BCUT2D eigenvalue weighted by molar-refractivity contribution is -0.171. The van der Waals surface area contributed by atoms with Gasteiger partial charge in [-0.25, -0.2) is 9.37 Å². The second-order valence-corrected chi connectivity index (χ2v) is 11.7. The molecule has 1 aromatic heterocycles. The number of hydrogen-bond acceptors (Lipinski definition) is 6. The third kappa shape index (κ3) is 7.32. The van der Waals surface area contributed by atoms with E-state index in [0.717, 1.165) is 17.5 Å². The summed E-state index contributed by atoms with van der Waals surface area (Å²) in [5.41, 5.74) is 2.23. The summed E-state index contributed by atoms with van der Waals surface area (Å²) < 4.78 is 48.3. The molecule has 4 rings (SSSR count). The molecule has 208 valence electrons. The zero-order valence-electron chi connectivity index (χ0n) is 22.2. The van der Waals surface area contributed by atoms with Crippen LogP contribution in [0.2, 0.25) is 0 Å². The van der Waals surface area contributed by atoms with Crippen molar-refractivity contribution in [1.29, 1.82) is 0 Å². The number of nitrogens with zero attached hydrogens (tertiary/aromatic N) is 2. The molecular formula is C29H34FN3O5S. The van der Waals surface area contributed by atoms with Gasteiger partial charge in [0.1, 0.15) is 17.8 Å². The highest BCUT2D eigenvalue weighted by atomic mass is 32.2. The first-order valence-electron chi connectivity index (χ1n) is 13.2. The fourth-order valence-corrected chi connectivity index (χ4v) is 6.05. The number of cyclic esters (lactones) is 1. The van der Waals surface area contributed by atoms with Gasteiger partial charge in [-0.05, 0) is 73.9 Å². The normalized spacial score (nSPS) is 19.6. The van der Waals surface area contributed by atoms with E-state index in [1.807, 2.05) is 13.0 Å². The van der Waals surface area contributed by atoms with Crippen molar-refractivity contribution >= 4 is 27.5 Å². The number of ketones is 1. The molecule has 1 N–H and O–H groups in total. The number of aromatic nitrogens is 2. The van der Waals surface area contributed by atoms with Gasteiger partial charge in [0.2, 0.25) is 0 Å². The van der Waals surface area contributed by atoms with Gasteiger partial charge in [-0.2, -0.15) is 8.42 Å². The van der Waals surface area contributed by atoms with Gasteiger partial charge in [-0.1, -0.05) is 37.6 Å². The van der Waals surface area contributed by atoms with E-state index >= 15 is 0 Å². The molecule has 0 spiro atoms. The lowest BCUT2D eigenvalue weighted by Crippen LogP contribution is -2.46. The van der Waals surface area contributed by atoms with Crippen LogP contribution in [-0.2, 0) is 44.2 Å². The molecule has 3 aromatic rings. The molecular weight excluding hydrogens is 521 g/mol. The molecule has 0 saturated carbocycles. The average Bonchev–Trinajstić information content (AvgIpc) is 3.34. The zero-order chi connectivity index (χ0) is 28.0. The quantitative estimate of drug-likeness (QED) is 0.253. The molecule has 0 bridgehead atoms. The number of Topliss-reactive ketones (excluding diaryl/α,β-unsaturated/α-hetero) is 1. The lowest BCUT2D eigenvalue weighted by Gasteiger charge is -2.34. The SMILES string of the molecule is CCC[C@@H]1OC(=O)C(CCCc2cccc(NS(=O)(=O)c3cn(C)cn3)c2)C(=O)[C@H]1CCc1ccc(F)cc1. The second kappa shape index (κ2) is 12.5. The van der Waals surface area contributed by atoms with Crippen LogP contribution in [0.4, 0.5) is 10.1 Å². The number of imidazole rings is 1. The van der Waals surface area contributed by atoms with E-state index in [2.05, 4.69) is 9.71 Å². The van der Waals surface area contributed by atoms with Crippen LogP contribution in [0.5, 0.6) is 0 Å². The van der Waals surface area contributed by atoms with Crippen LogP contribution < -0.4 is 4.72 Å².